The average molecular weight is 408 g/mol. The Morgan fingerprint density at radius 1 is 1.10 bits per heavy atom. The smallest absolute Gasteiger partial charge is 0.262 e. The van der Waals surface area contributed by atoms with Crippen LogP contribution in [0.1, 0.15) is 44.2 Å². The van der Waals surface area contributed by atoms with Crippen molar-refractivity contribution in [2.45, 2.75) is 44.9 Å². The number of sulfonamides is 1. The molecule has 0 radical (unpaired) electrons. The number of unbranched alkanes of at least 4 members (excludes halogenated alkanes) is 1. The van der Waals surface area contributed by atoms with Crippen molar-refractivity contribution < 1.29 is 8.42 Å². The summed E-state index contributed by atoms with van der Waals surface area (Å²) in [5.74, 6) is 0. The molecule has 0 aromatic heterocycles. The predicted molar refractivity (Wildman–Crippen MR) is 121 cm³/mol. The molecule has 1 aliphatic heterocycles. The molecule has 0 N–H and O–H groups in total. The fourth-order valence-corrected chi connectivity index (χ4v) is 5.12. The van der Waals surface area contributed by atoms with Crippen LogP contribution in [0.15, 0.2) is 88.5 Å². The van der Waals surface area contributed by atoms with E-state index >= 15 is 0 Å². The van der Waals surface area contributed by atoms with Crippen molar-refractivity contribution >= 4 is 16.1 Å². The highest BCUT2D eigenvalue weighted by atomic mass is 32.2. The fourth-order valence-electron chi connectivity index (χ4n) is 3.66. The van der Waals surface area contributed by atoms with Gasteiger partial charge in [-0.25, -0.2) is 8.42 Å². The topological polar surface area (TPSA) is 37.4 Å². The summed E-state index contributed by atoms with van der Waals surface area (Å²) in [4.78, 5) is 0.319. The van der Waals surface area contributed by atoms with Gasteiger partial charge in [-0.15, -0.1) is 0 Å². The molecule has 1 heterocycles. The van der Waals surface area contributed by atoms with Crippen LogP contribution < -0.4 is 0 Å². The highest BCUT2D eigenvalue weighted by molar-refractivity contribution is 7.89. The van der Waals surface area contributed by atoms with Gasteiger partial charge in [-0.2, -0.15) is 0 Å². The number of rotatable bonds is 7. The van der Waals surface area contributed by atoms with Crippen LogP contribution in [0.2, 0.25) is 0 Å². The molecule has 3 rings (SSSR count). The first-order valence-corrected chi connectivity index (χ1v) is 11.5. The maximum absolute atomic E-state index is 13.6. The van der Waals surface area contributed by atoms with Gasteiger partial charge in [0.2, 0.25) is 0 Å². The third-order valence-electron chi connectivity index (χ3n) is 5.18. The summed E-state index contributed by atoms with van der Waals surface area (Å²) in [6, 6.07) is 16.9. The second-order valence-corrected chi connectivity index (χ2v) is 9.49. The minimum atomic E-state index is -3.67. The summed E-state index contributed by atoms with van der Waals surface area (Å²) >= 11 is 0. The van der Waals surface area contributed by atoms with Crippen molar-refractivity contribution in [2.75, 3.05) is 6.54 Å². The SMILES string of the molecule is C=C(C)C1=C(CCCC)CN(S(=O)(=O)c2ccc(C)cc2)/C1=C\c1ccccc1. The molecule has 3 nitrogen and oxygen atoms in total. The number of aryl methyl sites for hydroxylation is 1. The molecule has 0 aliphatic carbocycles. The lowest BCUT2D eigenvalue weighted by Crippen LogP contribution is -2.28. The van der Waals surface area contributed by atoms with E-state index in [9.17, 15) is 8.42 Å². The number of nitrogens with zero attached hydrogens (tertiary/aromatic N) is 1. The van der Waals surface area contributed by atoms with Crippen molar-refractivity contribution in [2.24, 2.45) is 0 Å². The van der Waals surface area contributed by atoms with Crippen molar-refractivity contribution in [1.82, 2.24) is 4.31 Å². The quantitative estimate of drug-likeness (QED) is 0.556. The Hall–Kier alpha value is -2.59. The van der Waals surface area contributed by atoms with E-state index in [1.165, 1.54) is 0 Å². The van der Waals surface area contributed by atoms with Crippen molar-refractivity contribution in [3.8, 4) is 0 Å². The van der Waals surface area contributed by atoms with Gasteiger partial charge >= 0.3 is 0 Å². The summed E-state index contributed by atoms with van der Waals surface area (Å²) in [6.45, 7) is 10.6. The van der Waals surface area contributed by atoms with Gasteiger partial charge in [-0.1, -0.05) is 68.0 Å². The zero-order valence-electron chi connectivity index (χ0n) is 17.5. The number of hydrogen-bond donors (Lipinski definition) is 0. The van der Waals surface area contributed by atoms with Crippen molar-refractivity contribution in [3.05, 3.63) is 94.7 Å². The molecule has 0 bridgehead atoms. The van der Waals surface area contributed by atoms with Gasteiger partial charge in [0, 0.05) is 5.57 Å². The summed E-state index contributed by atoms with van der Waals surface area (Å²) in [6.07, 6.45) is 4.94. The Labute approximate surface area is 175 Å². The van der Waals surface area contributed by atoms with E-state index in [1.807, 2.05) is 62.4 Å². The lowest BCUT2D eigenvalue weighted by Gasteiger charge is -2.22. The third-order valence-corrected chi connectivity index (χ3v) is 6.96. The van der Waals surface area contributed by atoms with E-state index in [2.05, 4.69) is 13.5 Å². The molecule has 29 heavy (non-hydrogen) atoms. The van der Waals surface area contributed by atoms with Gasteiger partial charge in [-0.05, 0) is 61.6 Å². The Balaban J connectivity index is 2.14. The predicted octanol–water partition coefficient (Wildman–Crippen LogP) is 6.10. The van der Waals surface area contributed by atoms with Crippen LogP contribution in [0.5, 0.6) is 0 Å². The minimum absolute atomic E-state index is 0.319. The number of benzene rings is 2. The average Bonchev–Trinajstić information content (AvgIpc) is 3.06. The molecule has 2 aromatic carbocycles. The molecule has 0 atom stereocenters. The monoisotopic (exact) mass is 407 g/mol. The second-order valence-electron chi connectivity index (χ2n) is 7.63. The summed E-state index contributed by atoms with van der Waals surface area (Å²) < 4.78 is 28.7. The normalized spacial score (nSPS) is 16.0. The van der Waals surface area contributed by atoms with Crippen LogP contribution in [0.3, 0.4) is 0 Å². The standard InChI is InChI=1S/C25H29NO2S/c1-5-6-12-22-18-26(29(27,28)23-15-13-20(4)14-16-23)24(25(22)19(2)3)17-21-10-8-7-9-11-21/h7-11,13-17H,2,5-6,12,18H2,1,3-4H3/b24-17-. The van der Waals surface area contributed by atoms with Crippen LogP contribution in [-0.2, 0) is 10.0 Å². The Bertz CT molecular complexity index is 1050. The molecule has 0 spiro atoms. The lowest BCUT2D eigenvalue weighted by molar-refractivity contribution is 0.513. The molecule has 0 fully saturated rings. The first-order chi connectivity index (χ1) is 13.8. The van der Waals surface area contributed by atoms with E-state index in [0.29, 0.717) is 11.4 Å². The molecule has 1 aliphatic rings. The zero-order valence-corrected chi connectivity index (χ0v) is 18.3. The summed E-state index contributed by atoms with van der Waals surface area (Å²) in [5, 5.41) is 0. The van der Waals surface area contributed by atoms with Crippen molar-refractivity contribution in [3.63, 3.8) is 0 Å². The van der Waals surface area contributed by atoms with Crippen LogP contribution >= 0.6 is 0 Å². The molecule has 0 saturated heterocycles. The van der Waals surface area contributed by atoms with Gasteiger partial charge in [-0.3, -0.25) is 4.31 Å². The Kier molecular flexibility index (Phi) is 6.43. The van der Waals surface area contributed by atoms with Gasteiger partial charge in [0.1, 0.15) is 0 Å². The second kappa shape index (κ2) is 8.83. The number of hydrogen-bond acceptors (Lipinski definition) is 2. The van der Waals surface area contributed by atoms with Gasteiger partial charge in [0.05, 0.1) is 17.1 Å². The van der Waals surface area contributed by atoms with E-state index in [-0.39, 0.29) is 0 Å². The fraction of sp³-hybridized carbons (Fsp3) is 0.280. The number of allylic oxidation sites excluding steroid dienone is 1. The largest absolute Gasteiger partial charge is 0.264 e. The maximum atomic E-state index is 13.6. The van der Waals surface area contributed by atoms with E-state index < -0.39 is 10.0 Å². The van der Waals surface area contributed by atoms with Crippen molar-refractivity contribution in [1.29, 1.82) is 0 Å². The summed E-state index contributed by atoms with van der Waals surface area (Å²) in [5.41, 5.74) is 5.77. The van der Waals surface area contributed by atoms with Crippen LogP contribution in [-0.4, -0.2) is 19.3 Å². The maximum Gasteiger partial charge on any atom is 0.264 e. The molecule has 0 amide bonds. The molecule has 4 heteroatoms. The molecule has 152 valence electrons. The van der Waals surface area contributed by atoms with Crippen LogP contribution in [0.25, 0.3) is 6.08 Å². The first kappa shape index (κ1) is 21.1. The third kappa shape index (κ3) is 4.54. The molecular weight excluding hydrogens is 378 g/mol. The van der Waals surface area contributed by atoms with Crippen LogP contribution in [0, 0.1) is 6.92 Å². The van der Waals surface area contributed by atoms with E-state index in [1.54, 1.807) is 16.4 Å². The lowest BCUT2D eigenvalue weighted by atomic mass is 9.98. The van der Waals surface area contributed by atoms with Crippen LogP contribution in [0.4, 0.5) is 0 Å². The highest BCUT2D eigenvalue weighted by Crippen LogP contribution is 2.39. The molecular formula is C25H29NO2S. The zero-order chi connectivity index (χ0) is 21.0. The Morgan fingerprint density at radius 2 is 1.76 bits per heavy atom. The first-order valence-electron chi connectivity index (χ1n) is 10.1. The molecule has 2 aromatic rings. The summed E-state index contributed by atoms with van der Waals surface area (Å²) in [7, 11) is -3.67. The van der Waals surface area contributed by atoms with E-state index in [0.717, 1.165) is 52.8 Å². The van der Waals surface area contributed by atoms with Gasteiger partial charge in [0.15, 0.2) is 0 Å². The Morgan fingerprint density at radius 3 is 2.34 bits per heavy atom. The van der Waals surface area contributed by atoms with Gasteiger partial charge in [0.25, 0.3) is 10.0 Å². The molecule has 0 saturated carbocycles. The minimum Gasteiger partial charge on any atom is -0.262 e. The van der Waals surface area contributed by atoms with E-state index in [4.69, 9.17) is 0 Å². The highest BCUT2D eigenvalue weighted by Gasteiger charge is 2.35. The molecule has 0 unspecified atom stereocenters. The van der Waals surface area contributed by atoms with Gasteiger partial charge < -0.3 is 0 Å².